The van der Waals surface area contributed by atoms with E-state index in [-0.39, 0.29) is 25.5 Å². The number of benzene rings is 2. The van der Waals surface area contributed by atoms with Crippen molar-refractivity contribution in [3.8, 4) is 0 Å². The molecule has 0 aliphatic rings. The van der Waals surface area contributed by atoms with Crippen LogP contribution in [0.4, 0.5) is 4.79 Å². The smallest absolute Gasteiger partial charge is 0.442 e. The van der Waals surface area contributed by atoms with E-state index >= 15 is 0 Å². The zero-order valence-corrected chi connectivity index (χ0v) is 19.4. The summed E-state index contributed by atoms with van der Waals surface area (Å²) in [5.74, 6) is 1.24. The lowest BCUT2D eigenvalue weighted by Crippen LogP contribution is -2.11. The summed E-state index contributed by atoms with van der Waals surface area (Å²) in [6.07, 6.45) is -1.52. The first-order valence-corrected chi connectivity index (χ1v) is 12.0. The average molecular weight is 460 g/mol. The molecule has 0 bridgehead atoms. The van der Waals surface area contributed by atoms with Gasteiger partial charge in [0.2, 0.25) is 0 Å². The zero-order chi connectivity index (χ0) is 23.2. The molecule has 0 fully saturated rings. The molecule has 2 aromatic rings. The van der Waals surface area contributed by atoms with Crippen LogP contribution < -0.4 is 0 Å². The Hall–Kier alpha value is -2.64. The summed E-state index contributed by atoms with van der Waals surface area (Å²) in [5.41, 5.74) is 1.92. The Balaban J connectivity index is 2.14. The lowest BCUT2D eigenvalue weighted by Gasteiger charge is -2.17. The van der Waals surface area contributed by atoms with Crippen molar-refractivity contribution in [3.63, 3.8) is 0 Å². The van der Waals surface area contributed by atoms with E-state index in [1.54, 1.807) is 20.8 Å². The zero-order valence-electron chi connectivity index (χ0n) is 18.5. The van der Waals surface area contributed by atoms with Crippen LogP contribution in [0.2, 0.25) is 0 Å². The van der Waals surface area contributed by atoms with Crippen LogP contribution >= 0.6 is 7.60 Å². The summed E-state index contributed by atoms with van der Waals surface area (Å²) in [7, 11) is -3.60. The summed E-state index contributed by atoms with van der Waals surface area (Å²) in [5, 5.41) is 7.56. The molecule has 0 saturated heterocycles. The van der Waals surface area contributed by atoms with E-state index in [0.29, 0.717) is 6.61 Å². The minimum Gasteiger partial charge on any atom is -0.442 e. The maximum atomic E-state index is 13.0. The highest BCUT2D eigenvalue weighted by atomic mass is 31.2. The fourth-order valence-corrected chi connectivity index (χ4v) is 4.10. The number of nitrogens with zero attached hydrogens (tertiary/aromatic N) is 2. The van der Waals surface area contributed by atoms with Gasteiger partial charge in [-0.2, -0.15) is 0 Å². The first kappa shape index (κ1) is 25.6. The van der Waals surface area contributed by atoms with Gasteiger partial charge in [-0.25, -0.2) is 4.79 Å². The molecular formula is C23H29N2O6P. The van der Waals surface area contributed by atoms with Crippen LogP contribution in [-0.2, 0) is 36.3 Å². The van der Waals surface area contributed by atoms with Gasteiger partial charge in [0.05, 0.1) is 37.4 Å². The predicted molar refractivity (Wildman–Crippen MR) is 121 cm³/mol. The van der Waals surface area contributed by atoms with Crippen molar-refractivity contribution < 1.29 is 27.9 Å². The van der Waals surface area contributed by atoms with Crippen molar-refractivity contribution in [1.29, 1.82) is 0 Å². The van der Waals surface area contributed by atoms with E-state index in [1.165, 1.54) is 5.82 Å². The molecule has 0 aromatic heterocycles. The lowest BCUT2D eigenvalue weighted by molar-refractivity contribution is 0.0749. The number of carbonyl (C=O) groups excluding carboxylic acids is 1. The molecule has 0 aliphatic heterocycles. The summed E-state index contributed by atoms with van der Waals surface area (Å²) < 4.78 is 34.5. The standard InChI is InChI=1S/C23H29N2O6P/c1-4-30-32(27,31-5-2)18-22(19(3)28-16-20-12-8-6-9-13-20)24-25-23(26)29-17-21-14-10-7-11-15-21/h6-15,18-19H,4-5,16-17H2,1-3H3/b22-18-,25-24?/t19-/m0/s1. The van der Waals surface area contributed by atoms with Crippen molar-refractivity contribution >= 4 is 13.7 Å². The number of hydrogen-bond acceptors (Lipinski definition) is 7. The van der Waals surface area contributed by atoms with Crippen LogP contribution in [0.3, 0.4) is 0 Å². The van der Waals surface area contributed by atoms with E-state index in [4.69, 9.17) is 18.5 Å². The maximum absolute atomic E-state index is 13.0. The molecule has 9 heteroatoms. The van der Waals surface area contributed by atoms with Gasteiger partial charge in [-0.15, -0.1) is 5.11 Å². The second kappa shape index (κ2) is 13.7. The Morgan fingerprint density at radius 3 is 1.97 bits per heavy atom. The van der Waals surface area contributed by atoms with Gasteiger partial charge in [0.25, 0.3) is 0 Å². The van der Waals surface area contributed by atoms with Crippen LogP contribution in [0.1, 0.15) is 31.9 Å². The number of hydrogen-bond donors (Lipinski definition) is 0. The number of amides is 1. The maximum Gasteiger partial charge on any atom is 0.452 e. The average Bonchev–Trinajstić information content (AvgIpc) is 2.80. The minimum absolute atomic E-state index is 0.0637. The molecule has 0 radical (unpaired) electrons. The quantitative estimate of drug-likeness (QED) is 0.265. The molecule has 0 aliphatic carbocycles. The Bertz CT molecular complexity index is 924. The summed E-state index contributed by atoms with van der Waals surface area (Å²) in [6.45, 7) is 5.83. The Kier molecular flexibility index (Phi) is 11.0. The van der Waals surface area contributed by atoms with E-state index in [9.17, 15) is 9.36 Å². The van der Waals surface area contributed by atoms with E-state index in [2.05, 4.69) is 10.2 Å². The number of ether oxygens (including phenoxy) is 2. The molecule has 0 saturated carbocycles. The number of rotatable bonds is 12. The van der Waals surface area contributed by atoms with Gasteiger partial charge in [0, 0.05) is 0 Å². The molecule has 172 valence electrons. The highest BCUT2D eigenvalue weighted by Crippen LogP contribution is 2.51. The van der Waals surface area contributed by atoms with Crippen molar-refractivity contribution in [3.05, 3.63) is 83.3 Å². The highest BCUT2D eigenvalue weighted by Gasteiger charge is 2.24. The van der Waals surface area contributed by atoms with Gasteiger partial charge in [-0.3, -0.25) is 4.57 Å². The monoisotopic (exact) mass is 460 g/mol. The molecule has 1 atom stereocenters. The first-order valence-electron chi connectivity index (χ1n) is 10.3. The summed E-state index contributed by atoms with van der Waals surface area (Å²) >= 11 is 0. The third kappa shape index (κ3) is 9.24. The van der Waals surface area contributed by atoms with E-state index in [0.717, 1.165) is 11.1 Å². The summed E-state index contributed by atoms with van der Waals surface area (Å²) in [6, 6.07) is 18.8. The fourth-order valence-electron chi connectivity index (χ4n) is 2.57. The van der Waals surface area contributed by atoms with Crippen molar-refractivity contribution in [2.45, 2.75) is 40.1 Å². The van der Waals surface area contributed by atoms with Gasteiger partial charge >= 0.3 is 13.7 Å². The predicted octanol–water partition coefficient (Wildman–Crippen LogP) is 6.49. The molecule has 0 unspecified atom stereocenters. The molecule has 0 N–H and O–H groups in total. The third-order valence-corrected chi connectivity index (χ3v) is 5.94. The normalized spacial score (nSPS) is 13.3. The Morgan fingerprint density at radius 1 is 0.906 bits per heavy atom. The van der Waals surface area contributed by atoms with Crippen LogP contribution in [0.25, 0.3) is 0 Å². The van der Waals surface area contributed by atoms with Gasteiger partial charge in [0.1, 0.15) is 6.61 Å². The van der Waals surface area contributed by atoms with Crippen LogP contribution in [0.15, 0.2) is 82.4 Å². The van der Waals surface area contributed by atoms with Crippen molar-refractivity contribution in [2.24, 2.45) is 10.2 Å². The number of carbonyl (C=O) groups is 1. The molecule has 8 nitrogen and oxygen atoms in total. The van der Waals surface area contributed by atoms with Gasteiger partial charge < -0.3 is 18.5 Å². The van der Waals surface area contributed by atoms with Gasteiger partial charge in [0.15, 0.2) is 0 Å². The molecule has 2 rings (SSSR count). The molecule has 1 amide bonds. The molecule has 32 heavy (non-hydrogen) atoms. The second-order valence-corrected chi connectivity index (χ2v) is 8.46. The summed E-state index contributed by atoms with van der Waals surface area (Å²) in [4.78, 5) is 12.1. The highest BCUT2D eigenvalue weighted by molar-refractivity contribution is 7.57. The van der Waals surface area contributed by atoms with Crippen LogP contribution in [0.5, 0.6) is 0 Å². The van der Waals surface area contributed by atoms with Gasteiger partial charge in [-0.1, -0.05) is 65.8 Å². The third-order valence-electron chi connectivity index (χ3n) is 4.12. The van der Waals surface area contributed by atoms with Crippen molar-refractivity contribution in [1.82, 2.24) is 0 Å². The minimum atomic E-state index is -3.60. The molecular weight excluding hydrogens is 431 g/mol. The molecule has 0 heterocycles. The SMILES string of the molecule is CCOP(=O)(/C=C(\N=NC(=O)OCc1ccccc1)[C@H](C)OCc1ccccc1)OCC. The number of azo groups is 1. The van der Waals surface area contributed by atoms with Crippen LogP contribution in [0, 0.1) is 0 Å². The topological polar surface area (TPSA) is 95.8 Å². The second-order valence-electron chi connectivity index (χ2n) is 6.61. The molecule has 2 aromatic carbocycles. The molecule has 0 spiro atoms. The van der Waals surface area contributed by atoms with E-state index < -0.39 is 19.8 Å². The Morgan fingerprint density at radius 2 is 1.44 bits per heavy atom. The van der Waals surface area contributed by atoms with Gasteiger partial charge in [-0.05, 0) is 31.9 Å². The van der Waals surface area contributed by atoms with Crippen LogP contribution in [-0.4, -0.2) is 25.4 Å². The first-order chi connectivity index (χ1) is 15.5. The van der Waals surface area contributed by atoms with Crippen molar-refractivity contribution in [2.75, 3.05) is 13.2 Å². The fraction of sp³-hybridized carbons (Fsp3) is 0.348. The lowest BCUT2D eigenvalue weighted by atomic mass is 10.2. The van der Waals surface area contributed by atoms with E-state index in [1.807, 2.05) is 60.7 Å². The Labute approximate surface area is 188 Å². The largest absolute Gasteiger partial charge is 0.452 e.